The monoisotopic (exact) mass is 277 g/mol. The van der Waals surface area contributed by atoms with Gasteiger partial charge in [0.05, 0.1) is 17.9 Å². The minimum atomic E-state index is -0.867. The van der Waals surface area contributed by atoms with Gasteiger partial charge in [0.15, 0.2) is 0 Å². The highest BCUT2D eigenvalue weighted by Gasteiger charge is 2.10. The zero-order chi connectivity index (χ0) is 14.7. The van der Waals surface area contributed by atoms with Gasteiger partial charge < -0.3 is 19.5 Å². The lowest BCUT2D eigenvalue weighted by atomic mass is 10.2. The van der Waals surface area contributed by atoms with Gasteiger partial charge in [0, 0.05) is 24.8 Å². The molecular formula is C14H15NO5. The SMILES string of the molecule is CCN(CCC(=O)O)c1ccc2c(O)cc(=O)oc2c1. The molecule has 0 bridgehead atoms. The van der Waals surface area contributed by atoms with Crippen LogP contribution in [0.5, 0.6) is 5.75 Å². The number of fused-ring (bicyclic) bond motifs is 1. The highest BCUT2D eigenvalue weighted by atomic mass is 16.4. The summed E-state index contributed by atoms with van der Waals surface area (Å²) in [6, 6.07) is 6.05. The molecule has 2 N–H and O–H groups in total. The van der Waals surface area contributed by atoms with Gasteiger partial charge in [-0.2, -0.15) is 0 Å². The van der Waals surface area contributed by atoms with E-state index in [9.17, 15) is 14.7 Å². The molecule has 0 aliphatic heterocycles. The van der Waals surface area contributed by atoms with Gasteiger partial charge in [-0.05, 0) is 19.1 Å². The molecule has 2 aromatic rings. The number of aromatic hydroxyl groups is 1. The quantitative estimate of drug-likeness (QED) is 0.810. The summed E-state index contributed by atoms with van der Waals surface area (Å²) in [5.74, 6) is -0.996. The first kappa shape index (κ1) is 13.9. The molecular weight excluding hydrogens is 262 g/mol. The number of benzene rings is 1. The predicted molar refractivity (Wildman–Crippen MR) is 74.3 cm³/mol. The van der Waals surface area contributed by atoms with Crippen molar-refractivity contribution in [3.63, 3.8) is 0 Å². The first-order valence-corrected chi connectivity index (χ1v) is 6.25. The van der Waals surface area contributed by atoms with Crippen LogP contribution in [0.25, 0.3) is 11.0 Å². The second-order valence-corrected chi connectivity index (χ2v) is 4.35. The molecule has 0 aliphatic carbocycles. The normalized spacial score (nSPS) is 10.7. The molecule has 0 aliphatic rings. The number of rotatable bonds is 5. The average molecular weight is 277 g/mol. The maximum absolute atomic E-state index is 11.3. The van der Waals surface area contributed by atoms with Crippen molar-refractivity contribution in [2.24, 2.45) is 0 Å². The molecule has 0 unspecified atom stereocenters. The van der Waals surface area contributed by atoms with Crippen LogP contribution in [0.2, 0.25) is 0 Å². The standard InChI is InChI=1S/C14H15NO5/c1-2-15(6-5-13(17)18)9-3-4-10-11(16)8-14(19)20-12(10)7-9/h3-4,7-8,16H,2,5-6H2,1H3,(H,17,18). The molecule has 6 nitrogen and oxygen atoms in total. The van der Waals surface area contributed by atoms with Gasteiger partial charge in [-0.15, -0.1) is 0 Å². The Bertz CT molecular complexity index is 692. The summed E-state index contributed by atoms with van der Waals surface area (Å²) in [7, 11) is 0. The molecule has 20 heavy (non-hydrogen) atoms. The van der Waals surface area contributed by atoms with Crippen LogP contribution in [0.3, 0.4) is 0 Å². The van der Waals surface area contributed by atoms with E-state index in [1.807, 2.05) is 11.8 Å². The highest BCUT2D eigenvalue weighted by Crippen LogP contribution is 2.26. The van der Waals surface area contributed by atoms with E-state index in [0.29, 0.717) is 18.5 Å². The second-order valence-electron chi connectivity index (χ2n) is 4.35. The maximum atomic E-state index is 11.3. The Morgan fingerprint density at radius 1 is 1.35 bits per heavy atom. The second kappa shape index (κ2) is 5.64. The van der Waals surface area contributed by atoms with Crippen LogP contribution in [0.15, 0.2) is 33.5 Å². The fourth-order valence-corrected chi connectivity index (χ4v) is 2.03. The van der Waals surface area contributed by atoms with Gasteiger partial charge in [0.1, 0.15) is 11.3 Å². The number of carboxylic acids is 1. The van der Waals surface area contributed by atoms with Crippen molar-refractivity contribution in [1.82, 2.24) is 0 Å². The van der Waals surface area contributed by atoms with E-state index < -0.39 is 11.6 Å². The first-order chi connectivity index (χ1) is 9.51. The number of hydrogen-bond donors (Lipinski definition) is 2. The maximum Gasteiger partial charge on any atom is 0.339 e. The summed E-state index contributed by atoms with van der Waals surface area (Å²) in [5, 5.41) is 18.8. The van der Waals surface area contributed by atoms with Gasteiger partial charge in [0.25, 0.3) is 0 Å². The Morgan fingerprint density at radius 3 is 2.75 bits per heavy atom. The number of hydrogen-bond acceptors (Lipinski definition) is 5. The van der Waals surface area contributed by atoms with Crippen molar-refractivity contribution >= 4 is 22.6 Å². The summed E-state index contributed by atoms with van der Waals surface area (Å²) in [6.45, 7) is 2.90. The molecule has 2 rings (SSSR count). The highest BCUT2D eigenvalue weighted by molar-refractivity contribution is 5.85. The molecule has 1 heterocycles. The van der Waals surface area contributed by atoms with E-state index in [-0.39, 0.29) is 17.8 Å². The third kappa shape index (κ3) is 2.90. The van der Waals surface area contributed by atoms with Crippen molar-refractivity contribution in [2.75, 3.05) is 18.0 Å². The van der Waals surface area contributed by atoms with Crippen LogP contribution >= 0.6 is 0 Å². The Kier molecular flexibility index (Phi) is 3.93. The van der Waals surface area contributed by atoms with Gasteiger partial charge in [0.2, 0.25) is 0 Å². The Hall–Kier alpha value is -2.50. The van der Waals surface area contributed by atoms with E-state index in [1.165, 1.54) is 0 Å². The molecule has 0 atom stereocenters. The third-order valence-electron chi connectivity index (χ3n) is 3.05. The fraction of sp³-hybridized carbons (Fsp3) is 0.286. The van der Waals surface area contributed by atoms with Crippen molar-refractivity contribution < 1.29 is 19.4 Å². The van der Waals surface area contributed by atoms with Crippen molar-refractivity contribution in [3.8, 4) is 5.75 Å². The van der Waals surface area contributed by atoms with Crippen molar-refractivity contribution in [1.29, 1.82) is 0 Å². The van der Waals surface area contributed by atoms with Crippen LogP contribution in [-0.4, -0.2) is 29.3 Å². The van der Waals surface area contributed by atoms with Crippen LogP contribution in [0.1, 0.15) is 13.3 Å². The zero-order valence-electron chi connectivity index (χ0n) is 11.0. The van der Waals surface area contributed by atoms with Crippen LogP contribution in [0.4, 0.5) is 5.69 Å². The summed E-state index contributed by atoms with van der Waals surface area (Å²) in [6.07, 6.45) is 0.0237. The van der Waals surface area contributed by atoms with Crippen molar-refractivity contribution in [3.05, 3.63) is 34.7 Å². The van der Waals surface area contributed by atoms with E-state index in [0.717, 1.165) is 11.8 Å². The van der Waals surface area contributed by atoms with Crippen LogP contribution < -0.4 is 10.5 Å². The smallest absolute Gasteiger partial charge is 0.339 e. The van der Waals surface area contributed by atoms with Gasteiger partial charge in [-0.25, -0.2) is 4.79 Å². The average Bonchev–Trinajstić information content (AvgIpc) is 2.38. The first-order valence-electron chi connectivity index (χ1n) is 6.25. The summed E-state index contributed by atoms with van der Waals surface area (Å²) in [5.41, 5.74) is 0.400. The van der Waals surface area contributed by atoms with E-state index >= 15 is 0 Å². The minimum Gasteiger partial charge on any atom is -0.507 e. The molecule has 0 radical (unpaired) electrons. The lowest BCUT2D eigenvalue weighted by molar-refractivity contribution is -0.136. The van der Waals surface area contributed by atoms with E-state index in [4.69, 9.17) is 9.52 Å². The molecule has 0 saturated carbocycles. The topological polar surface area (TPSA) is 91.0 Å². The lowest BCUT2D eigenvalue weighted by Gasteiger charge is -2.22. The summed E-state index contributed by atoms with van der Waals surface area (Å²) in [4.78, 5) is 23.7. The minimum absolute atomic E-state index is 0.0237. The number of carbonyl (C=O) groups is 1. The van der Waals surface area contributed by atoms with Crippen LogP contribution in [-0.2, 0) is 4.79 Å². The summed E-state index contributed by atoms with van der Waals surface area (Å²) >= 11 is 0. The van der Waals surface area contributed by atoms with Crippen LogP contribution in [0, 0.1) is 0 Å². The summed E-state index contributed by atoms with van der Waals surface area (Å²) < 4.78 is 5.04. The number of aliphatic carboxylic acids is 1. The van der Waals surface area contributed by atoms with Gasteiger partial charge in [-0.3, -0.25) is 4.79 Å². The Labute approximate surface area is 114 Å². The van der Waals surface area contributed by atoms with E-state index in [1.54, 1.807) is 18.2 Å². The molecule has 1 aromatic heterocycles. The predicted octanol–water partition coefficient (Wildman–Crippen LogP) is 1.80. The number of anilines is 1. The molecule has 106 valence electrons. The van der Waals surface area contributed by atoms with Gasteiger partial charge >= 0.3 is 11.6 Å². The third-order valence-corrected chi connectivity index (χ3v) is 3.05. The van der Waals surface area contributed by atoms with E-state index in [2.05, 4.69) is 0 Å². The largest absolute Gasteiger partial charge is 0.507 e. The molecule has 0 amide bonds. The lowest BCUT2D eigenvalue weighted by Crippen LogP contribution is -2.25. The number of carboxylic acid groups (broad SMARTS) is 1. The molecule has 0 fully saturated rings. The molecule has 0 saturated heterocycles. The fourth-order valence-electron chi connectivity index (χ4n) is 2.03. The van der Waals surface area contributed by atoms with Gasteiger partial charge in [-0.1, -0.05) is 0 Å². The zero-order valence-corrected chi connectivity index (χ0v) is 11.0. The molecule has 6 heteroatoms. The number of nitrogens with zero attached hydrogens (tertiary/aromatic N) is 1. The van der Waals surface area contributed by atoms with Crippen molar-refractivity contribution in [2.45, 2.75) is 13.3 Å². The Balaban J connectivity index is 2.39. The molecule has 1 aromatic carbocycles. The molecule has 0 spiro atoms. The Morgan fingerprint density at radius 2 is 2.10 bits per heavy atom.